The minimum Gasteiger partial charge on any atom is -0.353 e. The molecule has 0 unspecified atom stereocenters. The fourth-order valence-corrected chi connectivity index (χ4v) is 1.81. The maximum atomic E-state index is 12.9. The van der Waals surface area contributed by atoms with Gasteiger partial charge in [-0.25, -0.2) is 8.78 Å². The van der Waals surface area contributed by atoms with Crippen LogP contribution in [0, 0.1) is 11.6 Å². The van der Waals surface area contributed by atoms with Crippen molar-refractivity contribution in [1.82, 2.24) is 0 Å². The molecule has 1 aromatic rings. The van der Waals surface area contributed by atoms with E-state index in [0.29, 0.717) is 19.6 Å². The number of carbonyl (C=O) groups is 1. The van der Waals surface area contributed by atoms with Crippen molar-refractivity contribution < 1.29 is 23.0 Å². The molecule has 1 saturated heterocycles. The highest BCUT2D eigenvalue weighted by atomic mass is 19.1. The highest BCUT2D eigenvalue weighted by molar-refractivity contribution is 5.96. The lowest BCUT2D eigenvalue weighted by atomic mass is 10.1. The van der Waals surface area contributed by atoms with Gasteiger partial charge < -0.3 is 9.47 Å². The van der Waals surface area contributed by atoms with Gasteiger partial charge in [0.1, 0.15) is 11.6 Å². The number of Topliss-reactive ketones (excluding diaryl/α,β-unsaturated/α-hetero) is 1. The smallest absolute Gasteiger partial charge is 0.163 e. The van der Waals surface area contributed by atoms with E-state index in [0.717, 1.165) is 24.6 Å². The van der Waals surface area contributed by atoms with Crippen LogP contribution < -0.4 is 0 Å². The van der Waals surface area contributed by atoms with Gasteiger partial charge in [-0.15, -0.1) is 0 Å². The molecule has 3 nitrogen and oxygen atoms in total. The second kappa shape index (κ2) is 6.02. The molecule has 0 aliphatic carbocycles. The fraction of sp³-hybridized carbons (Fsp3) is 0.462. The van der Waals surface area contributed by atoms with Gasteiger partial charge in [0.05, 0.1) is 13.2 Å². The Morgan fingerprint density at radius 3 is 2.39 bits per heavy atom. The van der Waals surface area contributed by atoms with E-state index in [1.165, 1.54) is 0 Å². The molecule has 0 N–H and O–H groups in total. The molecule has 2 rings (SSSR count). The normalized spacial score (nSPS) is 16.8. The average Bonchev–Trinajstić information content (AvgIpc) is 2.36. The second-order valence-electron chi connectivity index (χ2n) is 4.14. The Balaban J connectivity index is 1.90. The van der Waals surface area contributed by atoms with E-state index in [2.05, 4.69) is 0 Å². The summed E-state index contributed by atoms with van der Waals surface area (Å²) >= 11 is 0. The Morgan fingerprint density at radius 2 is 1.78 bits per heavy atom. The molecular formula is C13H14F2O3. The summed E-state index contributed by atoms with van der Waals surface area (Å²) in [6.07, 6.45) is 1.01. The van der Waals surface area contributed by atoms with Gasteiger partial charge in [0.25, 0.3) is 0 Å². The van der Waals surface area contributed by atoms with Crippen molar-refractivity contribution in [2.75, 3.05) is 13.2 Å². The minimum absolute atomic E-state index is 0.0447. The summed E-state index contributed by atoms with van der Waals surface area (Å²) in [4.78, 5) is 11.7. The lowest BCUT2D eigenvalue weighted by molar-refractivity contribution is -0.180. The summed E-state index contributed by atoms with van der Waals surface area (Å²) in [5.74, 6) is -1.81. The summed E-state index contributed by atoms with van der Waals surface area (Å²) in [5.41, 5.74) is 0.0447. The van der Waals surface area contributed by atoms with Crippen LogP contribution >= 0.6 is 0 Å². The Bertz CT molecular complexity index is 408. The maximum absolute atomic E-state index is 12.9. The number of halogens is 2. The molecule has 0 bridgehead atoms. The highest BCUT2D eigenvalue weighted by Crippen LogP contribution is 2.15. The molecule has 0 saturated carbocycles. The minimum atomic E-state index is -0.747. The van der Waals surface area contributed by atoms with Gasteiger partial charge >= 0.3 is 0 Å². The zero-order chi connectivity index (χ0) is 13.0. The van der Waals surface area contributed by atoms with E-state index in [9.17, 15) is 13.6 Å². The predicted octanol–water partition coefficient (Wildman–Crippen LogP) is 2.69. The monoisotopic (exact) mass is 256 g/mol. The van der Waals surface area contributed by atoms with Crippen molar-refractivity contribution in [3.63, 3.8) is 0 Å². The first-order chi connectivity index (χ1) is 8.65. The largest absolute Gasteiger partial charge is 0.353 e. The van der Waals surface area contributed by atoms with Crippen molar-refractivity contribution in [2.45, 2.75) is 25.6 Å². The first-order valence-corrected chi connectivity index (χ1v) is 5.87. The Kier molecular flexibility index (Phi) is 4.38. The third-order valence-corrected chi connectivity index (χ3v) is 2.69. The molecule has 1 aromatic carbocycles. The number of ether oxygens (including phenoxy) is 2. The molecule has 1 aliphatic rings. The maximum Gasteiger partial charge on any atom is 0.163 e. The van der Waals surface area contributed by atoms with Gasteiger partial charge in [0.15, 0.2) is 12.1 Å². The highest BCUT2D eigenvalue weighted by Gasteiger charge is 2.17. The lowest BCUT2D eigenvalue weighted by Crippen LogP contribution is -2.25. The molecule has 1 aliphatic heterocycles. The Labute approximate surface area is 104 Å². The molecular weight excluding hydrogens is 242 g/mol. The molecule has 0 amide bonds. The van der Waals surface area contributed by atoms with E-state index in [4.69, 9.17) is 9.47 Å². The van der Waals surface area contributed by atoms with Crippen molar-refractivity contribution in [2.24, 2.45) is 0 Å². The molecule has 18 heavy (non-hydrogen) atoms. The summed E-state index contributed by atoms with van der Waals surface area (Å²) in [5, 5.41) is 0. The van der Waals surface area contributed by atoms with Gasteiger partial charge in [-0.1, -0.05) is 0 Å². The summed E-state index contributed by atoms with van der Waals surface area (Å²) < 4.78 is 36.5. The van der Waals surface area contributed by atoms with E-state index >= 15 is 0 Å². The number of hydrogen-bond donors (Lipinski definition) is 0. The lowest BCUT2D eigenvalue weighted by Gasteiger charge is -2.22. The number of carbonyl (C=O) groups excluding carboxylic acids is 1. The molecule has 0 aromatic heterocycles. The Hall–Kier alpha value is -1.33. The van der Waals surface area contributed by atoms with Crippen molar-refractivity contribution in [1.29, 1.82) is 0 Å². The van der Waals surface area contributed by atoms with Crippen LogP contribution in [-0.2, 0) is 9.47 Å². The molecule has 0 radical (unpaired) electrons. The van der Waals surface area contributed by atoms with Crippen LogP contribution in [0.5, 0.6) is 0 Å². The van der Waals surface area contributed by atoms with Crippen LogP contribution in [0.4, 0.5) is 8.78 Å². The van der Waals surface area contributed by atoms with Crippen LogP contribution in [0.2, 0.25) is 0 Å². The van der Waals surface area contributed by atoms with Gasteiger partial charge in [-0.3, -0.25) is 4.79 Å². The number of rotatable bonds is 4. The van der Waals surface area contributed by atoms with Gasteiger partial charge in [0.2, 0.25) is 0 Å². The van der Waals surface area contributed by atoms with E-state index in [1.54, 1.807) is 0 Å². The molecule has 1 fully saturated rings. The quantitative estimate of drug-likeness (QED) is 0.777. The predicted molar refractivity (Wildman–Crippen MR) is 60.2 cm³/mol. The molecule has 0 atom stereocenters. The topological polar surface area (TPSA) is 35.5 Å². The zero-order valence-electron chi connectivity index (χ0n) is 9.83. The van der Waals surface area contributed by atoms with Crippen LogP contribution in [0.15, 0.2) is 18.2 Å². The van der Waals surface area contributed by atoms with Crippen LogP contribution in [0.25, 0.3) is 0 Å². The van der Waals surface area contributed by atoms with E-state index in [-0.39, 0.29) is 24.1 Å². The fourth-order valence-electron chi connectivity index (χ4n) is 1.81. The van der Waals surface area contributed by atoms with Gasteiger partial charge in [0, 0.05) is 24.5 Å². The summed E-state index contributed by atoms with van der Waals surface area (Å²) in [7, 11) is 0. The third-order valence-electron chi connectivity index (χ3n) is 2.69. The van der Waals surface area contributed by atoms with E-state index in [1.807, 2.05) is 0 Å². The van der Waals surface area contributed by atoms with Crippen molar-refractivity contribution in [3.8, 4) is 0 Å². The number of hydrogen-bond acceptors (Lipinski definition) is 3. The van der Waals surface area contributed by atoms with Crippen LogP contribution in [0.1, 0.15) is 29.6 Å². The Morgan fingerprint density at radius 1 is 1.17 bits per heavy atom. The molecule has 98 valence electrons. The zero-order valence-corrected chi connectivity index (χ0v) is 9.83. The first kappa shape index (κ1) is 13.1. The van der Waals surface area contributed by atoms with Gasteiger partial charge in [-0.05, 0) is 18.6 Å². The van der Waals surface area contributed by atoms with Crippen LogP contribution in [0.3, 0.4) is 0 Å². The van der Waals surface area contributed by atoms with Crippen LogP contribution in [-0.4, -0.2) is 25.3 Å². The first-order valence-electron chi connectivity index (χ1n) is 5.87. The molecule has 5 heteroatoms. The van der Waals surface area contributed by atoms with E-state index < -0.39 is 11.6 Å². The molecule has 0 spiro atoms. The second-order valence-corrected chi connectivity index (χ2v) is 4.14. The number of benzene rings is 1. The third kappa shape index (κ3) is 3.58. The van der Waals surface area contributed by atoms with Crippen molar-refractivity contribution >= 4 is 5.78 Å². The number of ketones is 1. The van der Waals surface area contributed by atoms with Crippen molar-refractivity contribution in [3.05, 3.63) is 35.4 Å². The average molecular weight is 256 g/mol. The summed E-state index contributed by atoms with van der Waals surface area (Å²) in [6, 6.07) is 2.81. The summed E-state index contributed by atoms with van der Waals surface area (Å²) in [6.45, 7) is 1.24. The SMILES string of the molecule is O=C(CCC1OCCCO1)c1cc(F)cc(F)c1. The van der Waals surface area contributed by atoms with Gasteiger partial charge in [-0.2, -0.15) is 0 Å². The standard InChI is InChI=1S/C13H14F2O3/c14-10-6-9(7-11(15)8-10)12(16)2-3-13-17-4-1-5-18-13/h6-8,13H,1-5H2. The molecule has 1 heterocycles.